The van der Waals surface area contributed by atoms with Crippen LogP contribution in [-0.2, 0) is 33.7 Å². The third-order valence-corrected chi connectivity index (χ3v) is 7.24. The summed E-state index contributed by atoms with van der Waals surface area (Å²) in [6, 6.07) is 0. The number of unbranched alkanes of at least 4 members (excludes halogenated alkanes) is 8. The molecule has 0 unspecified atom stereocenters. The average Bonchev–Trinajstić information content (AvgIpc) is 2.85. The Hall–Kier alpha value is -0.470. The second-order valence-corrected chi connectivity index (χ2v) is 12.7. The highest BCUT2D eigenvalue weighted by Crippen LogP contribution is 2.10. The highest BCUT2D eigenvalue weighted by atomic mass is 32.2. The molecule has 0 aromatic rings. The molecular formula is C27H56N2O8S2. The molecule has 0 saturated heterocycles. The first-order valence-corrected chi connectivity index (χ1v) is 16.7. The Labute approximate surface area is 243 Å². The summed E-state index contributed by atoms with van der Waals surface area (Å²) >= 11 is 4.24. The SMILES string of the molecule is C[N+](C)(C)CCCS(=O)(=O)/N=C(\[O-])COCCOCCOCCOCCOCCCCCCCCCCCS. The normalized spacial score (nSPS) is 12.9. The molecule has 10 nitrogen and oxygen atoms in total. The summed E-state index contributed by atoms with van der Waals surface area (Å²) in [7, 11) is 2.16. The summed E-state index contributed by atoms with van der Waals surface area (Å²) in [6.45, 7) is 4.50. The van der Waals surface area contributed by atoms with Gasteiger partial charge in [0.25, 0.3) is 10.0 Å². The summed E-state index contributed by atoms with van der Waals surface area (Å²) in [5.74, 6) is 0.0643. The monoisotopic (exact) mass is 600 g/mol. The molecule has 0 fully saturated rings. The largest absolute Gasteiger partial charge is 0.860 e. The topological polar surface area (TPSA) is 116 Å². The van der Waals surface area contributed by atoms with E-state index in [1.54, 1.807) is 0 Å². The van der Waals surface area contributed by atoms with Crippen molar-refractivity contribution in [1.82, 2.24) is 0 Å². The van der Waals surface area contributed by atoms with Crippen LogP contribution in [0.5, 0.6) is 0 Å². The van der Waals surface area contributed by atoms with Gasteiger partial charge in [-0.1, -0.05) is 44.9 Å². The predicted molar refractivity (Wildman–Crippen MR) is 158 cm³/mol. The van der Waals surface area contributed by atoms with Gasteiger partial charge < -0.3 is 33.3 Å². The van der Waals surface area contributed by atoms with E-state index < -0.39 is 15.9 Å². The van der Waals surface area contributed by atoms with Crippen molar-refractivity contribution >= 4 is 28.5 Å². The van der Waals surface area contributed by atoms with Gasteiger partial charge in [0.15, 0.2) is 0 Å². The lowest BCUT2D eigenvalue weighted by molar-refractivity contribution is -0.870. The molecule has 0 heterocycles. The van der Waals surface area contributed by atoms with E-state index in [1.807, 2.05) is 21.1 Å². The van der Waals surface area contributed by atoms with Crippen molar-refractivity contribution in [1.29, 1.82) is 0 Å². The first-order chi connectivity index (χ1) is 18.7. The van der Waals surface area contributed by atoms with Crippen molar-refractivity contribution in [3.63, 3.8) is 0 Å². The number of ether oxygens (including phenoxy) is 5. The Kier molecular flexibility index (Phi) is 26.1. The van der Waals surface area contributed by atoms with Gasteiger partial charge in [-0.3, -0.25) is 0 Å². The standard InChI is InChI=1S/C27H56N2O8S2/c1-29(2,3)14-13-25-39(31,32)28-27(30)26-37-23-22-36-21-20-35-19-18-34-17-16-33-15-11-9-7-5-4-6-8-10-12-24-38/h4-26H2,1-3H3,(H-,28,30,38). The second-order valence-electron chi connectivity index (χ2n) is 10.5. The van der Waals surface area contributed by atoms with Crippen LogP contribution >= 0.6 is 12.6 Å². The molecule has 0 saturated carbocycles. The highest BCUT2D eigenvalue weighted by molar-refractivity contribution is 7.90. The van der Waals surface area contributed by atoms with Crippen molar-refractivity contribution in [3.05, 3.63) is 0 Å². The van der Waals surface area contributed by atoms with Crippen molar-refractivity contribution in [2.24, 2.45) is 4.40 Å². The van der Waals surface area contributed by atoms with Gasteiger partial charge in [0.2, 0.25) is 0 Å². The maximum Gasteiger partial charge on any atom is 0.252 e. The van der Waals surface area contributed by atoms with Crippen LogP contribution in [0.2, 0.25) is 0 Å². The fourth-order valence-electron chi connectivity index (χ4n) is 3.54. The molecule has 0 aliphatic rings. The van der Waals surface area contributed by atoms with Crippen LogP contribution in [0.15, 0.2) is 4.40 Å². The molecule has 0 amide bonds. The summed E-state index contributed by atoms with van der Waals surface area (Å²) in [4.78, 5) is 0. The molecular weight excluding hydrogens is 544 g/mol. The van der Waals surface area contributed by atoms with E-state index in [-0.39, 0.29) is 25.6 Å². The van der Waals surface area contributed by atoms with E-state index in [2.05, 4.69) is 17.0 Å². The molecule has 39 heavy (non-hydrogen) atoms. The maximum atomic E-state index is 11.9. The Morgan fingerprint density at radius 3 is 1.51 bits per heavy atom. The molecule has 0 aliphatic heterocycles. The number of hydrogen-bond acceptors (Lipinski definition) is 9. The van der Waals surface area contributed by atoms with Crippen LogP contribution in [0.3, 0.4) is 0 Å². The minimum atomic E-state index is -3.76. The third kappa shape index (κ3) is 31.9. The van der Waals surface area contributed by atoms with Gasteiger partial charge in [0, 0.05) is 18.9 Å². The van der Waals surface area contributed by atoms with E-state index in [4.69, 9.17) is 23.7 Å². The van der Waals surface area contributed by atoms with Gasteiger partial charge in [0.1, 0.15) is 0 Å². The minimum Gasteiger partial charge on any atom is -0.860 e. The van der Waals surface area contributed by atoms with Crippen LogP contribution in [-0.4, -0.2) is 124 Å². The van der Waals surface area contributed by atoms with E-state index in [0.717, 1.165) is 18.8 Å². The molecule has 0 bridgehead atoms. The molecule has 0 aromatic carbocycles. The Morgan fingerprint density at radius 2 is 1.05 bits per heavy atom. The van der Waals surface area contributed by atoms with E-state index >= 15 is 0 Å². The molecule has 0 N–H and O–H groups in total. The van der Waals surface area contributed by atoms with Crippen molar-refractivity contribution in [2.75, 3.05) is 105 Å². The first kappa shape index (κ1) is 38.5. The maximum absolute atomic E-state index is 11.9. The smallest absolute Gasteiger partial charge is 0.252 e. The molecule has 234 valence electrons. The zero-order valence-electron chi connectivity index (χ0n) is 24.8. The van der Waals surface area contributed by atoms with Crippen LogP contribution in [0.4, 0.5) is 0 Å². The van der Waals surface area contributed by atoms with Crippen molar-refractivity contribution < 1.29 is 41.7 Å². The highest BCUT2D eigenvalue weighted by Gasteiger charge is 2.12. The summed E-state index contributed by atoms with van der Waals surface area (Å²) in [5, 5.41) is 11.7. The number of thiol groups is 1. The van der Waals surface area contributed by atoms with Crippen LogP contribution in [0, 0.1) is 0 Å². The van der Waals surface area contributed by atoms with Gasteiger partial charge in [-0.15, -0.1) is 0 Å². The van der Waals surface area contributed by atoms with Crippen LogP contribution in [0.25, 0.3) is 0 Å². The zero-order chi connectivity index (χ0) is 29.1. The molecule has 0 aromatic heterocycles. The Morgan fingerprint density at radius 1 is 0.641 bits per heavy atom. The molecule has 0 rings (SSSR count). The number of sulfonamides is 1. The number of nitrogens with zero attached hydrogens (tertiary/aromatic N) is 2. The Bertz CT molecular complexity index is 673. The van der Waals surface area contributed by atoms with Gasteiger partial charge >= 0.3 is 0 Å². The van der Waals surface area contributed by atoms with Crippen LogP contribution in [0.1, 0.15) is 64.2 Å². The van der Waals surface area contributed by atoms with Gasteiger partial charge in [-0.05, 0) is 18.6 Å². The molecule has 12 heteroatoms. The second kappa shape index (κ2) is 26.4. The minimum absolute atomic E-state index is 0.145. The molecule has 0 spiro atoms. The summed E-state index contributed by atoms with van der Waals surface area (Å²) in [5.41, 5.74) is 0. The lowest BCUT2D eigenvalue weighted by atomic mass is 10.1. The van der Waals surface area contributed by atoms with E-state index in [0.29, 0.717) is 57.1 Å². The van der Waals surface area contributed by atoms with Crippen LogP contribution < -0.4 is 5.11 Å². The lowest BCUT2D eigenvalue weighted by Gasteiger charge is -2.23. The van der Waals surface area contributed by atoms with Gasteiger partial charge in [-0.2, -0.15) is 17.0 Å². The van der Waals surface area contributed by atoms with Crippen molar-refractivity contribution in [2.45, 2.75) is 64.2 Å². The van der Waals surface area contributed by atoms with Crippen molar-refractivity contribution in [3.8, 4) is 0 Å². The predicted octanol–water partition coefficient (Wildman–Crippen LogP) is 2.70. The fraction of sp³-hybridized carbons (Fsp3) is 0.963. The van der Waals surface area contributed by atoms with E-state index in [9.17, 15) is 13.5 Å². The Balaban J connectivity index is 3.36. The molecule has 0 aliphatic carbocycles. The number of rotatable bonds is 30. The zero-order valence-corrected chi connectivity index (χ0v) is 26.5. The quantitative estimate of drug-likeness (QED) is 0.0440. The molecule has 0 atom stereocenters. The third-order valence-electron chi connectivity index (χ3n) is 5.63. The fourth-order valence-corrected chi connectivity index (χ4v) is 4.71. The molecule has 0 radical (unpaired) electrons. The van der Waals surface area contributed by atoms with Gasteiger partial charge in [-0.25, -0.2) is 8.42 Å². The average molecular weight is 601 g/mol. The number of quaternary nitrogens is 1. The van der Waals surface area contributed by atoms with E-state index in [1.165, 1.54) is 51.4 Å². The number of hydrogen-bond donors (Lipinski definition) is 1. The summed E-state index contributed by atoms with van der Waals surface area (Å²) < 4.78 is 54.7. The lowest BCUT2D eigenvalue weighted by Crippen LogP contribution is -2.36. The summed E-state index contributed by atoms with van der Waals surface area (Å²) in [6.07, 6.45) is 12.0. The first-order valence-electron chi connectivity index (χ1n) is 14.4. The van der Waals surface area contributed by atoms with Gasteiger partial charge in [0.05, 0.1) is 92.9 Å².